The summed E-state index contributed by atoms with van der Waals surface area (Å²) in [6.07, 6.45) is 1.16. The van der Waals surface area contributed by atoms with Crippen molar-refractivity contribution in [2.24, 2.45) is 5.92 Å². The van der Waals surface area contributed by atoms with E-state index < -0.39 is 0 Å². The van der Waals surface area contributed by atoms with E-state index in [9.17, 15) is 0 Å². The minimum Gasteiger partial charge on any atom is -0.369 e. The van der Waals surface area contributed by atoms with E-state index >= 15 is 0 Å². The smallest absolute Gasteiger partial charge is 0.201 e. The van der Waals surface area contributed by atoms with Gasteiger partial charge in [-0.15, -0.1) is 0 Å². The lowest BCUT2D eigenvalue weighted by Gasteiger charge is -2.11. The molecule has 1 aromatic heterocycles. The second-order valence-corrected chi connectivity index (χ2v) is 4.59. The van der Waals surface area contributed by atoms with Crippen LogP contribution in [-0.2, 0) is 6.54 Å². The Morgan fingerprint density at radius 3 is 2.88 bits per heavy atom. The van der Waals surface area contributed by atoms with Crippen molar-refractivity contribution in [3.63, 3.8) is 0 Å². The minimum absolute atomic E-state index is 0.626. The monoisotopic (exact) mass is 217 g/mol. The number of imidazole rings is 1. The van der Waals surface area contributed by atoms with E-state index in [0.717, 1.165) is 24.0 Å². The molecule has 2 aromatic rings. The van der Waals surface area contributed by atoms with Gasteiger partial charge in [0.25, 0.3) is 0 Å². The molecule has 0 aliphatic rings. The van der Waals surface area contributed by atoms with Crippen molar-refractivity contribution < 1.29 is 0 Å². The number of rotatable bonds is 3. The van der Waals surface area contributed by atoms with Crippen LogP contribution in [0.2, 0.25) is 0 Å². The van der Waals surface area contributed by atoms with Gasteiger partial charge in [0.05, 0.1) is 11.0 Å². The van der Waals surface area contributed by atoms with Gasteiger partial charge in [-0.05, 0) is 30.5 Å². The van der Waals surface area contributed by atoms with Gasteiger partial charge in [-0.3, -0.25) is 0 Å². The molecule has 0 aliphatic heterocycles. The van der Waals surface area contributed by atoms with E-state index in [1.54, 1.807) is 0 Å². The molecule has 86 valence electrons. The summed E-state index contributed by atoms with van der Waals surface area (Å²) in [6, 6.07) is 6.30. The third kappa shape index (κ3) is 1.90. The predicted octanol–water partition coefficient (Wildman–Crippen LogP) is 2.97. The first-order valence-corrected chi connectivity index (χ1v) is 5.84. The Morgan fingerprint density at radius 2 is 2.19 bits per heavy atom. The summed E-state index contributed by atoms with van der Waals surface area (Å²) in [4.78, 5) is 4.40. The van der Waals surface area contributed by atoms with Crippen LogP contribution in [0, 0.1) is 12.8 Å². The quantitative estimate of drug-likeness (QED) is 0.859. The van der Waals surface area contributed by atoms with Crippen LogP contribution >= 0.6 is 0 Å². The van der Waals surface area contributed by atoms with E-state index in [0.29, 0.717) is 11.9 Å². The average Bonchev–Trinajstić information content (AvgIpc) is 2.54. The Hall–Kier alpha value is -1.51. The molecule has 0 saturated heterocycles. The standard InChI is InChI=1S/C13H19N3/c1-4-9(2)8-16-12-6-5-10(3)7-11(12)15-13(16)14/h5-7,9H,4,8H2,1-3H3,(H2,14,15). The summed E-state index contributed by atoms with van der Waals surface area (Å²) in [5, 5.41) is 0. The molecule has 0 spiro atoms. The number of nitrogen functional groups attached to an aromatic ring is 1. The average molecular weight is 217 g/mol. The Bertz CT molecular complexity index is 499. The molecule has 0 amide bonds. The van der Waals surface area contributed by atoms with Crippen LogP contribution in [0.25, 0.3) is 11.0 Å². The first kappa shape index (κ1) is 11.0. The number of hydrogen-bond acceptors (Lipinski definition) is 2. The molecule has 1 atom stereocenters. The van der Waals surface area contributed by atoms with E-state index in [2.05, 4.69) is 48.5 Å². The molecule has 16 heavy (non-hydrogen) atoms. The van der Waals surface area contributed by atoms with Gasteiger partial charge in [-0.25, -0.2) is 4.98 Å². The number of fused-ring (bicyclic) bond motifs is 1. The molecule has 0 saturated carbocycles. The predicted molar refractivity (Wildman–Crippen MR) is 68.3 cm³/mol. The van der Waals surface area contributed by atoms with Crippen LogP contribution in [0.15, 0.2) is 18.2 Å². The number of benzene rings is 1. The van der Waals surface area contributed by atoms with Gasteiger partial charge >= 0.3 is 0 Å². The fourth-order valence-electron chi connectivity index (χ4n) is 1.89. The van der Waals surface area contributed by atoms with Gasteiger partial charge in [0.1, 0.15) is 0 Å². The lowest BCUT2D eigenvalue weighted by atomic mass is 10.1. The van der Waals surface area contributed by atoms with Crippen molar-refractivity contribution in [2.75, 3.05) is 5.73 Å². The topological polar surface area (TPSA) is 43.8 Å². The zero-order valence-corrected chi connectivity index (χ0v) is 10.2. The maximum atomic E-state index is 5.96. The number of nitrogens with zero attached hydrogens (tertiary/aromatic N) is 2. The largest absolute Gasteiger partial charge is 0.369 e. The lowest BCUT2D eigenvalue weighted by Crippen LogP contribution is -2.09. The molecular formula is C13H19N3. The highest BCUT2D eigenvalue weighted by atomic mass is 15.1. The van der Waals surface area contributed by atoms with Gasteiger partial charge in [-0.2, -0.15) is 0 Å². The van der Waals surface area contributed by atoms with Crippen LogP contribution in [-0.4, -0.2) is 9.55 Å². The molecule has 3 heteroatoms. The summed E-state index contributed by atoms with van der Waals surface area (Å²) >= 11 is 0. The summed E-state index contributed by atoms with van der Waals surface area (Å²) in [7, 11) is 0. The maximum absolute atomic E-state index is 5.96. The number of anilines is 1. The molecular weight excluding hydrogens is 198 g/mol. The van der Waals surface area contributed by atoms with Crippen molar-refractivity contribution in [1.29, 1.82) is 0 Å². The Labute approximate surface area is 96.3 Å². The molecule has 2 N–H and O–H groups in total. The van der Waals surface area contributed by atoms with E-state index in [1.807, 2.05) is 0 Å². The number of aryl methyl sites for hydroxylation is 1. The first-order chi connectivity index (χ1) is 7.61. The molecule has 0 bridgehead atoms. The van der Waals surface area contributed by atoms with Crippen LogP contribution in [0.5, 0.6) is 0 Å². The second kappa shape index (κ2) is 4.16. The summed E-state index contributed by atoms with van der Waals surface area (Å²) in [6.45, 7) is 7.45. The molecule has 0 fully saturated rings. The van der Waals surface area contributed by atoms with Crippen molar-refractivity contribution in [1.82, 2.24) is 9.55 Å². The number of hydrogen-bond donors (Lipinski definition) is 1. The molecule has 1 heterocycles. The Kier molecular flexibility index (Phi) is 2.86. The molecule has 1 aromatic carbocycles. The summed E-state index contributed by atoms with van der Waals surface area (Å²) < 4.78 is 2.11. The number of nitrogens with two attached hydrogens (primary N) is 1. The number of aromatic nitrogens is 2. The molecule has 0 aliphatic carbocycles. The highest BCUT2D eigenvalue weighted by molar-refractivity contribution is 5.79. The first-order valence-electron chi connectivity index (χ1n) is 5.84. The van der Waals surface area contributed by atoms with Crippen molar-refractivity contribution in [3.05, 3.63) is 23.8 Å². The van der Waals surface area contributed by atoms with E-state index in [-0.39, 0.29) is 0 Å². The van der Waals surface area contributed by atoms with Crippen LogP contribution in [0.4, 0.5) is 5.95 Å². The fraction of sp³-hybridized carbons (Fsp3) is 0.462. The summed E-state index contributed by atoms with van der Waals surface area (Å²) in [5.41, 5.74) is 9.32. The van der Waals surface area contributed by atoms with Crippen LogP contribution < -0.4 is 5.73 Å². The molecule has 2 rings (SSSR count). The van der Waals surface area contributed by atoms with Gasteiger partial charge in [0, 0.05) is 6.54 Å². The second-order valence-electron chi connectivity index (χ2n) is 4.59. The maximum Gasteiger partial charge on any atom is 0.201 e. The van der Waals surface area contributed by atoms with Gasteiger partial charge < -0.3 is 10.3 Å². The van der Waals surface area contributed by atoms with E-state index in [1.165, 1.54) is 5.56 Å². The van der Waals surface area contributed by atoms with Gasteiger partial charge in [-0.1, -0.05) is 26.3 Å². The zero-order chi connectivity index (χ0) is 11.7. The minimum atomic E-state index is 0.626. The van der Waals surface area contributed by atoms with Gasteiger partial charge in [0.15, 0.2) is 0 Å². The van der Waals surface area contributed by atoms with Crippen LogP contribution in [0.3, 0.4) is 0 Å². The SMILES string of the molecule is CCC(C)Cn1c(N)nc2cc(C)ccc21. The van der Waals surface area contributed by atoms with Crippen LogP contribution in [0.1, 0.15) is 25.8 Å². The van der Waals surface area contributed by atoms with Crippen molar-refractivity contribution in [2.45, 2.75) is 33.7 Å². The zero-order valence-electron chi connectivity index (χ0n) is 10.2. The third-order valence-electron chi connectivity index (χ3n) is 3.12. The van der Waals surface area contributed by atoms with E-state index in [4.69, 9.17) is 5.73 Å². The van der Waals surface area contributed by atoms with Crippen molar-refractivity contribution in [3.8, 4) is 0 Å². The Morgan fingerprint density at radius 1 is 1.44 bits per heavy atom. The highest BCUT2D eigenvalue weighted by Gasteiger charge is 2.10. The third-order valence-corrected chi connectivity index (χ3v) is 3.12. The van der Waals surface area contributed by atoms with Crippen molar-refractivity contribution >= 4 is 17.0 Å². The highest BCUT2D eigenvalue weighted by Crippen LogP contribution is 2.21. The molecule has 0 radical (unpaired) electrons. The summed E-state index contributed by atoms with van der Waals surface area (Å²) in [5.74, 6) is 1.25. The Balaban J connectivity index is 2.47. The van der Waals surface area contributed by atoms with Gasteiger partial charge in [0.2, 0.25) is 5.95 Å². The fourth-order valence-corrected chi connectivity index (χ4v) is 1.89. The molecule has 3 nitrogen and oxygen atoms in total. The normalized spacial score (nSPS) is 13.2. The molecule has 1 unspecified atom stereocenters. The lowest BCUT2D eigenvalue weighted by molar-refractivity contribution is 0.479.